The fourth-order valence-electron chi connectivity index (χ4n) is 9.31. The number of hydrogen-bond donors (Lipinski definition) is 0. The Hall–Kier alpha value is -4.18. The molecule has 0 saturated carbocycles. The van der Waals surface area contributed by atoms with Crippen LogP contribution in [0.25, 0.3) is 0 Å². The third kappa shape index (κ3) is 6.27. The minimum atomic E-state index is -1.33. The van der Waals surface area contributed by atoms with Gasteiger partial charge in [-0.2, -0.15) is 0 Å². The zero-order chi connectivity index (χ0) is 41.9. The molecule has 0 N–H and O–H groups in total. The number of benzene rings is 2. The molecule has 0 aliphatic carbocycles. The van der Waals surface area contributed by atoms with E-state index in [4.69, 9.17) is 13.8 Å². The van der Waals surface area contributed by atoms with Gasteiger partial charge in [0.25, 0.3) is 0 Å². The number of hydrogen-bond acceptors (Lipinski definition) is 3. The summed E-state index contributed by atoms with van der Waals surface area (Å²) < 4.78 is 32.6. The smallest absolute Gasteiger partial charge is 0.318 e. The molecule has 7 nitrogen and oxygen atoms in total. The van der Waals surface area contributed by atoms with Crippen molar-refractivity contribution < 1.29 is 13.8 Å². The Morgan fingerprint density at radius 1 is 0.576 bits per heavy atom. The lowest BCUT2D eigenvalue weighted by atomic mass is 9.72. The Labute approximate surface area is 354 Å². The van der Waals surface area contributed by atoms with Crippen LogP contribution in [0.4, 0.5) is 0 Å². The summed E-state index contributed by atoms with van der Waals surface area (Å²) >= 11 is 0. The summed E-state index contributed by atoms with van der Waals surface area (Å²) in [6.07, 6.45) is 4.61. The van der Waals surface area contributed by atoms with Gasteiger partial charge in [-0.1, -0.05) is 102 Å². The Balaban J connectivity index is 1.25. The molecule has 3 aliphatic rings. The van der Waals surface area contributed by atoms with E-state index in [2.05, 4.69) is 180 Å². The lowest BCUT2D eigenvalue weighted by molar-refractivity contribution is 0.380. The van der Waals surface area contributed by atoms with Crippen LogP contribution < -0.4 is 13.8 Å². The van der Waals surface area contributed by atoms with Crippen molar-refractivity contribution in [1.82, 2.24) is 17.4 Å². The summed E-state index contributed by atoms with van der Waals surface area (Å²) in [5.74, 6) is 3.40. The first-order chi connectivity index (χ1) is 28.0. The fraction of sp³-hybridized carbons (Fsp3) is 0.440. The molecule has 6 aromatic rings. The first-order valence-electron chi connectivity index (χ1n) is 21.8. The first-order valence-corrected chi connectivity index (χ1v) is 24.2. The van der Waals surface area contributed by atoms with Gasteiger partial charge in [0.05, 0.1) is 0 Å². The standard InChI is InChI=1S/C50H62N4O3P2/c1-14-34-18-20-38-30-39-21-19-35(15-2)52(39)58(51(34)38)56-44-28-32(48(6,7)8)26-40-46(44)55-47-41(50(40,12)13)27-33(49(9,10)11)29-45(47)57-59-53-36(16-3)22-24-42(53)31(5)43-25-23-37(17-4)54(43)59/h18-29,31H,14-17,30H2,1-13H3. The number of aryl methyl sites for hydroxylation is 4. The molecule has 0 amide bonds. The second-order valence-electron chi connectivity index (χ2n) is 19.3. The van der Waals surface area contributed by atoms with Gasteiger partial charge >= 0.3 is 16.9 Å². The van der Waals surface area contributed by atoms with Crippen LogP contribution >= 0.6 is 16.9 Å². The van der Waals surface area contributed by atoms with E-state index in [1.807, 2.05) is 0 Å². The van der Waals surface area contributed by atoms with Gasteiger partial charge in [-0.15, -0.1) is 0 Å². The SMILES string of the molecule is CCc1ccc2n1P(Oc1cc(C(C)(C)C)cc3c1Oc1c(OP4n5c(CC)ccc5C(C)c5ccc(CC)n54)cc(C(C)(C)C)cc1C3(C)C)n1c(CC)ccc1C2. The number of rotatable bonds is 8. The maximum Gasteiger partial charge on any atom is 0.318 e. The molecule has 0 spiro atoms. The van der Waals surface area contributed by atoms with E-state index in [9.17, 15) is 0 Å². The van der Waals surface area contributed by atoms with Gasteiger partial charge in [0.1, 0.15) is 0 Å². The molecule has 2 aromatic carbocycles. The number of nitrogens with zero attached hydrogens (tertiary/aromatic N) is 4. The van der Waals surface area contributed by atoms with E-state index >= 15 is 0 Å². The second kappa shape index (κ2) is 14.2. The van der Waals surface area contributed by atoms with Crippen LogP contribution in [-0.2, 0) is 48.3 Å². The molecule has 4 aromatic heterocycles. The molecule has 0 radical (unpaired) electrons. The first kappa shape index (κ1) is 40.2. The Morgan fingerprint density at radius 2 is 0.949 bits per heavy atom. The van der Waals surface area contributed by atoms with Gasteiger partial charge < -0.3 is 13.8 Å². The third-order valence-corrected chi connectivity index (χ3v) is 17.2. The highest BCUT2D eigenvalue weighted by Gasteiger charge is 2.43. The molecule has 310 valence electrons. The van der Waals surface area contributed by atoms with Crippen LogP contribution in [0.3, 0.4) is 0 Å². The highest BCUT2D eigenvalue weighted by molar-refractivity contribution is 7.50. The van der Waals surface area contributed by atoms with Crippen molar-refractivity contribution in [2.24, 2.45) is 0 Å². The minimum Gasteiger partial charge on any atom is -0.449 e. The molecule has 0 saturated heterocycles. The molecule has 9 heteroatoms. The molecular weight excluding hydrogens is 767 g/mol. The van der Waals surface area contributed by atoms with Crippen LogP contribution in [0.15, 0.2) is 72.8 Å². The molecule has 3 aliphatic heterocycles. The summed E-state index contributed by atoms with van der Waals surface area (Å²) in [4.78, 5) is 0. The highest BCUT2D eigenvalue weighted by atomic mass is 31.2. The van der Waals surface area contributed by atoms with Gasteiger partial charge in [-0.25, -0.2) is 0 Å². The highest BCUT2D eigenvalue weighted by Crippen LogP contribution is 2.62. The molecule has 7 heterocycles. The normalized spacial score (nSPS) is 18.0. The summed E-state index contributed by atoms with van der Waals surface area (Å²) in [5.41, 5.74) is 14.4. The molecule has 0 fully saturated rings. The maximum absolute atomic E-state index is 7.62. The minimum absolute atomic E-state index is 0.122. The average Bonchev–Trinajstić information content (AvgIpc) is 4.00. The summed E-state index contributed by atoms with van der Waals surface area (Å²) in [6.45, 7) is 29.8. The number of aromatic nitrogens is 4. The quantitative estimate of drug-likeness (QED) is 0.144. The summed E-state index contributed by atoms with van der Waals surface area (Å²) in [7, 11) is -2.64. The fourth-order valence-corrected chi connectivity index (χ4v) is 13.9. The van der Waals surface area contributed by atoms with Crippen LogP contribution in [0.2, 0.25) is 0 Å². The molecule has 0 atom stereocenters. The van der Waals surface area contributed by atoms with E-state index in [0.29, 0.717) is 0 Å². The van der Waals surface area contributed by atoms with E-state index in [-0.39, 0.29) is 16.7 Å². The molecule has 0 unspecified atom stereocenters. The van der Waals surface area contributed by atoms with Gasteiger partial charge in [0.2, 0.25) is 0 Å². The second-order valence-corrected chi connectivity index (χ2v) is 22.3. The Morgan fingerprint density at radius 3 is 1.34 bits per heavy atom. The maximum atomic E-state index is 7.62. The summed E-state index contributed by atoms with van der Waals surface area (Å²) in [5, 5.41) is 0. The van der Waals surface area contributed by atoms with Crippen LogP contribution in [0, 0.1) is 0 Å². The molecule has 9 rings (SSSR count). The molecular formula is C50H62N4O3P2. The van der Waals surface area contributed by atoms with Crippen molar-refractivity contribution in [3.8, 4) is 23.0 Å². The van der Waals surface area contributed by atoms with Crippen molar-refractivity contribution >= 4 is 16.9 Å². The molecule has 0 bridgehead atoms. The van der Waals surface area contributed by atoms with Crippen LogP contribution in [0.1, 0.15) is 164 Å². The van der Waals surface area contributed by atoms with Crippen molar-refractivity contribution in [3.63, 3.8) is 0 Å². The van der Waals surface area contributed by atoms with E-state index in [0.717, 1.165) is 66.2 Å². The van der Waals surface area contributed by atoms with Crippen molar-refractivity contribution in [2.45, 2.75) is 144 Å². The monoisotopic (exact) mass is 828 g/mol. The van der Waals surface area contributed by atoms with Gasteiger partial charge in [0.15, 0.2) is 23.0 Å². The van der Waals surface area contributed by atoms with Gasteiger partial charge in [-0.05, 0) is 108 Å². The van der Waals surface area contributed by atoms with Crippen molar-refractivity contribution in [1.29, 1.82) is 0 Å². The summed E-state index contributed by atoms with van der Waals surface area (Å²) in [6, 6.07) is 27.7. The number of fused-ring (bicyclic) bond motifs is 6. The third-order valence-electron chi connectivity index (χ3n) is 13.1. The molecule has 59 heavy (non-hydrogen) atoms. The van der Waals surface area contributed by atoms with Crippen molar-refractivity contribution in [2.75, 3.05) is 0 Å². The van der Waals surface area contributed by atoms with Crippen molar-refractivity contribution in [3.05, 3.63) is 141 Å². The zero-order valence-electron chi connectivity index (χ0n) is 37.4. The average molecular weight is 829 g/mol. The van der Waals surface area contributed by atoms with Gasteiger partial charge in [0, 0.05) is 74.4 Å². The Kier molecular flexibility index (Phi) is 9.69. The predicted octanol–water partition coefficient (Wildman–Crippen LogP) is 13.9. The van der Waals surface area contributed by atoms with Crippen LogP contribution in [0.5, 0.6) is 23.0 Å². The van der Waals surface area contributed by atoms with E-state index in [1.54, 1.807) is 0 Å². The zero-order valence-corrected chi connectivity index (χ0v) is 39.2. The number of ether oxygens (including phenoxy) is 1. The van der Waals surface area contributed by atoms with E-state index < -0.39 is 22.3 Å². The lowest BCUT2D eigenvalue weighted by Gasteiger charge is -2.40. The van der Waals surface area contributed by atoms with Crippen LogP contribution in [-0.4, -0.2) is 17.4 Å². The van der Waals surface area contributed by atoms with Gasteiger partial charge in [-0.3, -0.25) is 17.4 Å². The lowest BCUT2D eigenvalue weighted by Crippen LogP contribution is -2.28. The topological polar surface area (TPSA) is 47.4 Å². The largest absolute Gasteiger partial charge is 0.449 e. The Bertz CT molecular complexity index is 2510. The van der Waals surface area contributed by atoms with E-state index in [1.165, 1.54) is 56.7 Å². The predicted molar refractivity (Wildman–Crippen MR) is 245 cm³/mol.